The summed E-state index contributed by atoms with van der Waals surface area (Å²) in [5.41, 5.74) is 5.99. The molecule has 1 aromatic carbocycles. The van der Waals surface area contributed by atoms with Crippen molar-refractivity contribution in [1.82, 2.24) is 10.2 Å². The van der Waals surface area contributed by atoms with Gasteiger partial charge in [0, 0.05) is 31.7 Å². The first-order valence-electron chi connectivity index (χ1n) is 6.91. The Morgan fingerprint density at radius 3 is 2.33 bits per heavy atom. The Hall–Kier alpha value is -0.860. The van der Waals surface area contributed by atoms with Gasteiger partial charge in [0.25, 0.3) is 0 Å². The highest BCUT2D eigenvalue weighted by atomic mass is 15.2. The summed E-state index contributed by atoms with van der Waals surface area (Å²) in [6.07, 6.45) is 0. The number of nitrogens with one attached hydrogen (secondary N) is 1. The molecule has 100 valence electrons. The van der Waals surface area contributed by atoms with E-state index in [1.54, 1.807) is 0 Å². The number of hydrogen-bond donors (Lipinski definition) is 1. The molecule has 1 aromatic rings. The van der Waals surface area contributed by atoms with Crippen molar-refractivity contribution in [2.45, 2.75) is 46.7 Å². The van der Waals surface area contributed by atoms with Gasteiger partial charge in [0.1, 0.15) is 0 Å². The molecule has 2 heteroatoms. The van der Waals surface area contributed by atoms with Gasteiger partial charge in [-0.25, -0.2) is 0 Å². The third-order valence-corrected chi connectivity index (χ3v) is 3.87. The molecule has 1 saturated heterocycles. The van der Waals surface area contributed by atoms with Gasteiger partial charge in [-0.2, -0.15) is 0 Å². The molecule has 1 aliphatic heterocycles. The second kappa shape index (κ2) is 5.02. The lowest BCUT2D eigenvalue weighted by molar-refractivity contribution is 0.148. The van der Waals surface area contributed by atoms with Crippen LogP contribution < -0.4 is 5.32 Å². The molecular weight excluding hydrogens is 220 g/mol. The average Bonchev–Trinajstić information content (AvgIpc) is 2.22. The molecule has 0 spiro atoms. The van der Waals surface area contributed by atoms with E-state index in [9.17, 15) is 0 Å². The fourth-order valence-electron chi connectivity index (χ4n) is 3.06. The Bertz CT molecular complexity index is 412. The molecule has 0 unspecified atom stereocenters. The van der Waals surface area contributed by atoms with Crippen LogP contribution in [-0.4, -0.2) is 30.1 Å². The molecule has 0 bridgehead atoms. The monoisotopic (exact) mass is 246 g/mol. The quantitative estimate of drug-likeness (QED) is 0.863. The van der Waals surface area contributed by atoms with Crippen LogP contribution in [0.15, 0.2) is 12.1 Å². The molecule has 0 amide bonds. The van der Waals surface area contributed by atoms with Crippen LogP contribution in [0.5, 0.6) is 0 Å². The summed E-state index contributed by atoms with van der Waals surface area (Å²) in [5, 5.41) is 3.57. The minimum absolute atomic E-state index is 0.241. The van der Waals surface area contributed by atoms with Crippen LogP contribution in [0, 0.1) is 20.8 Å². The van der Waals surface area contributed by atoms with Crippen molar-refractivity contribution in [3.8, 4) is 0 Å². The largest absolute Gasteiger partial charge is 0.309 e. The Balaban J connectivity index is 2.14. The van der Waals surface area contributed by atoms with Crippen LogP contribution in [0.1, 0.15) is 36.1 Å². The second-order valence-electron chi connectivity index (χ2n) is 6.40. The van der Waals surface area contributed by atoms with Crippen LogP contribution >= 0.6 is 0 Å². The minimum Gasteiger partial charge on any atom is -0.309 e. The Kier molecular flexibility index (Phi) is 3.79. The van der Waals surface area contributed by atoms with E-state index in [4.69, 9.17) is 0 Å². The van der Waals surface area contributed by atoms with Gasteiger partial charge < -0.3 is 5.32 Å². The van der Waals surface area contributed by atoms with E-state index >= 15 is 0 Å². The fourth-order valence-corrected chi connectivity index (χ4v) is 3.06. The number of piperazine rings is 1. The summed E-state index contributed by atoms with van der Waals surface area (Å²) >= 11 is 0. The van der Waals surface area contributed by atoms with Gasteiger partial charge in [0.15, 0.2) is 0 Å². The van der Waals surface area contributed by atoms with Crippen LogP contribution in [-0.2, 0) is 6.54 Å². The lowest BCUT2D eigenvalue weighted by Crippen LogP contribution is -2.56. The van der Waals surface area contributed by atoms with Crippen molar-refractivity contribution < 1.29 is 0 Å². The predicted molar refractivity (Wildman–Crippen MR) is 78.0 cm³/mol. The van der Waals surface area contributed by atoms with Gasteiger partial charge in [-0.3, -0.25) is 4.90 Å². The first-order chi connectivity index (χ1) is 8.37. The lowest BCUT2D eigenvalue weighted by Gasteiger charge is -2.39. The van der Waals surface area contributed by atoms with Crippen molar-refractivity contribution in [3.05, 3.63) is 34.4 Å². The van der Waals surface area contributed by atoms with Crippen LogP contribution in [0.2, 0.25) is 0 Å². The van der Waals surface area contributed by atoms with Gasteiger partial charge >= 0.3 is 0 Å². The molecule has 18 heavy (non-hydrogen) atoms. The van der Waals surface area contributed by atoms with Gasteiger partial charge in [-0.1, -0.05) is 17.7 Å². The molecule has 0 aromatic heterocycles. The van der Waals surface area contributed by atoms with E-state index in [0.29, 0.717) is 0 Å². The normalized spacial score (nSPS) is 20.1. The van der Waals surface area contributed by atoms with E-state index in [-0.39, 0.29) is 5.54 Å². The molecular formula is C16H26N2. The van der Waals surface area contributed by atoms with Crippen molar-refractivity contribution in [1.29, 1.82) is 0 Å². The summed E-state index contributed by atoms with van der Waals surface area (Å²) in [6, 6.07) is 4.60. The Labute approximate surface area is 111 Å². The first kappa shape index (κ1) is 13.6. The van der Waals surface area contributed by atoms with Crippen LogP contribution in [0.3, 0.4) is 0 Å². The molecule has 1 N–H and O–H groups in total. The number of nitrogens with zero attached hydrogens (tertiary/aromatic N) is 1. The van der Waals surface area contributed by atoms with Gasteiger partial charge in [0.05, 0.1) is 0 Å². The summed E-state index contributed by atoms with van der Waals surface area (Å²) in [5.74, 6) is 0. The highest BCUT2D eigenvalue weighted by molar-refractivity contribution is 5.37. The topological polar surface area (TPSA) is 15.3 Å². The van der Waals surface area contributed by atoms with E-state index in [2.05, 4.69) is 57.0 Å². The van der Waals surface area contributed by atoms with Crippen molar-refractivity contribution in [2.24, 2.45) is 0 Å². The highest BCUT2D eigenvalue weighted by Crippen LogP contribution is 2.20. The summed E-state index contributed by atoms with van der Waals surface area (Å²) in [4.78, 5) is 2.57. The van der Waals surface area contributed by atoms with E-state index < -0.39 is 0 Å². The number of hydrogen-bond acceptors (Lipinski definition) is 2. The summed E-state index contributed by atoms with van der Waals surface area (Å²) < 4.78 is 0. The summed E-state index contributed by atoms with van der Waals surface area (Å²) in [6.45, 7) is 15.7. The zero-order chi connectivity index (χ0) is 13.3. The average molecular weight is 246 g/mol. The maximum atomic E-state index is 3.57. The van der Waals surface area contributed by atoms with Gasteiger partial charge in [0.2, 0.25) is 0 Å². The van der Waals surface area contributed by atoms with Crippen LogP contribution in [0.25, 0.3) is 0 Å². The highest BCUT2D eigenvalue weighted by Gasteiger charge is 2.25. The SMILES string of the molecule is Cc1cc(C)c(CN2CCNC(C)(C)C2)c(C)c1. The predicted octanol–water partition coefficient (Wildman–Crippen LogP) is 2.80. The molecule has 0 aliphatic carbocycles. The van der Waals surface area contributed by atoms with E-state index in [1.165, 1.54) is 22.3 Å². The molecule has 2 rings (SSSR count). The minimum atomic E-state index is 0.241. The van der Waals surface area contributed by atoms with Crippen LogP contribution in [0.4, 0.5) is 0 Å². The molecule has 0 radical (unpaired) electrons. The third kappa shape index (κ3) is 3.12. The zero-order valence-electron chi connectivity index (χ0n) is 12.4. The molecule has 1 fully saturated rings. The van der Waals surface area contributed by atoms with E-state index in [1.807, 2.05) is 0 Å². The third-order valence-electron chi connectivity index (χ3n) is 3.87. The second-order valence-corrected chi connectivity index (χ2v) is 6.40. The number of aryl methyl sites for hydroxylation is 3. The first-order valence-corrected chi connectivity index (χ1v) is 6.91. The van der Waals surface area contributed by atoms with Gasteiger partial charge in [-0.15, -0.1) is 0 Å². The fraction of sp³-hybridized carbons (Fsp3) is 0.625. The van der Waals surface area contributed by atoms with Crippen molar-refractivity contribution >= 4 is 0 Å². The zero-order valence-corrected chi connectivity index (χ0v) is 12.4. The molecule has 0 saturated carbocycles. The van der Waals surface area contributed by atoms with Crippen molar-refractivity contribution in [3.63, 3.8) is 0 Å². The Morgan fingerprint density at radius 1 is 1.17 bits per heavy atom. The van der Waals surface area contributed by atoms with Gasteiger partial charge in [-0.05, 0) is 51.3 Å². The molecule has 0 atom stereocenters. The van der Waals surface area contributed by atoms with Crippen molar-refractivity contribution in [2.75, 3.05) is 19.6 Å². The Morgan fingerprint density at radius 2 is 1.78 bits per heavy atom. The summed E-state index contributed by atoms with van der Waals surface area (Å²) in [7, 11) is 0. The van der Waals surface area contributed by atoms with E-state index in [0.717, 1.165) is 26.2 Å². The molecule has 1 aliphatic rings. The molecule has 2 nitrogen and oxygen atoms in total. The number of benzene rings is 1. The standard InChI is InChI=1S/C16H26N2/c1-12-8-13(2)15(14(3)9-12)10-18-7-6-17-16(4,5)11-18/h8-9,17H,6-7,10-11H2,1-5H3. The maximum Gasteiger partial charge on any atom is 0.0252 e. The molecule has 1 heterocycles. The lowest BCUT2D eigenvalue weighted by atomic mass is 9.97. The maximum absolute atomic E-state index is 3.57. The smallest absolute Gasteiger partial charge is 0.0252 e. The number of rotatable bonds is 2.